The van der Waals surface area contributed by atoms with Crippen molar-refractivity contribution in [3.63, 3.8) is 0 Å². The lowest BCUT2D eigenvalue weighted by Crippen LogP contribution is -2.65. The topological polar surface area (TPSA) is 215 Å². The Morgan fingerprint density at radius 2 is 1.75 bits per heavy atom. The fraction of sp³-hybridized carbons (Fsp3) is 0.548. The average molecular weight is 611 g/mol. The van der Waals surface area contributed by atoms with Gasteiger partial charge in [-0.25, -0.2) is 4.99 Å². The molecule has 9 N–H and O–H groups in total. The van der Waals surface area contributed by atoms with Gasteiger partial charge in [0.25, 0.3) is 5.91 Å². The Bertz CT molecular complexity index is 1510. The van der Waals surface area contributed by atoms with E-state index in [0.717, 1.165) is 25.7 Å². The van der Waals surface area contributed by atoms with Crippen LogP contribution in [-0.4, -0.2) is 94.6 Å². The number of guanidine groups is 1. The number of aliphatic hydroxyl groups is 3. The number of aliphatic hydroxyl groups excluding tert-OH is 2. The molecule has 0 bridgehead atoms. The Hall–Kier alpha value is -4.10. The molecule has 2 saturated carbocycles. The third-order valence-electron chi connectivity index (χ3n) is 9.63. The van der Waals surface area contributed by atoms with E-state index >= 15 is 0 Å². The quantitative estimate of drug-likeness (QED) is 0.136. The highest BCUT2D eigenvalue weighted by Gasteiger charge is 2.64. The molecule has 1 aromatic carbocycles. The van der Waals surface area contributed by atoms with Crippen molar-refractivity contribution < 1.29 is 34.8 Å². The van der Waals surface area contributed by atoms with Gasteiger partial charge in [0.1, 0.15) is 22.8 Å². The summed E-state index contributed by atoms with van der Waals surface area (Å²) in [6.45, 7) is -0.00433. The molecule has 2 fully saturated rings. The lowest BCUT2D eigenvalue weighted by atomic mass is 9.57. The second-order valence-electron chi connectivity index (χ2n) is 12.8. The van der Waals surface area contributed by atoms with Crippen LogP contribution in [0.25, 0.3) is 5.76 Å². The first-order chi connectivity index (χ1) is 20.7. The normalized spacial score (nSPS) is 27.7. The molecule has 1 aromatic rings. The zero-order valence-electron chi connectivity index (χ0n) is 25.6. The van der Waals surface area contributed by atoms with E-state index < -0.39 is 58.0 Å². The van der Waals surface area contributed by atoms with Crippen LogP contribution in [-0.2, 0) is 27.3 Å². The SMILES string of the molecule is CN(C)c1cc(CN=C(N)NC2CCCCC2)c(O)c2c1CC1CC3[C@H](N(C)C)C(=O)C(C(N)=O)=C(O)[C@@]3(O)C(=O)C1=C2O. The number of nitrogens with one attached hydrogen (secondary N) is 1. The Balaban J connectivity index is 1.60. The number of aliphatic imine (C=N–C) groups is 1. The number of primary amides is 1. The number of likely N-dealkylation sites (N-methyl/N-ethyl adjacent to an activating group) is 1. The first kappa shape index (κ1) is 31.3. The van der Waals surface area contributed by atoms with E-state index in [1.54, 1.807) is 20.2 Å². The van der Waals surface area contributed by atoms with Crippen molar-refractivity contribution in [3.8, 4) is 5.75 Å². The number of phenols is 1. The van der Waals surface area contributed by atoms with Crippen LogP contribution in [0.15, 0.2) is 28.0 Å². The zero-order valence-corrected chi connectivity index (χ0v) is 25.6. The van der Waals surface area contributed by atoms with Crippen LogP contribution in [0.5, 0.6) is 5.75 Å². The van der Waals surface area contributed by atoms with Crippen LogP contribution < -0.4 is 21.7 Å². The van der Waals surface area contributed by atoms with E-state index in [1.807, 2.05) is 19.0 Å². The predicted octanol–water partition coefficient (Wildman–Crippen LogP) is 0.767. The summed E-state index contributed by atoms with van der Waals surface area (Å²) >= 11 is 0. The molecule has 0 radical (unpaired) electrons. The minimum absolute atomic E-state index is 0.00433. The third-order valence-corrected chi connectivity index (χ3v) is 9.63. The molecule has 4 aliphatic carbocycles. The van der Waals surface area contributed by atoms with Gasteiger partial charge in [-0.3, -0.25) is 19.3 Å². The van der Waals surface area contributed by atoms with Gasteiger partial charge in [-0.15, -0.1) is 0 Å². The highest BCUT2D eigenvalue weighted by Crippen LogP contribution is 2.54. The van der Waals surface area contributed by atoms with Crippen molar-refractivity contribution in [2.24, 2.45) is 28.3 Å². The molecule has 0 heterocycles. The molecule has 0 aromatic heterocycles. The summed E-state index contributed by atoms with van der Waals surface area (Å²) in [7, 11) is 6.76. The Kier molecular flexibility index (Phi) is 8.14. The van der Waals surface area contributed by atoms with Crippen LogP contribution in [0.3, 0.4) is 0 Å². The summed E-state index contributed by atoms with van der Waals surface area (Å²) in [5.74, 6) is -6.60. The van der Waals surface area contributed by atoms with E-state index in [9.17, 15) is 34.8 Å². The van der Waals surface area contributed by atoms with Gasteiger partial charge in [0.2, 0.25) is 5.78 Å². The molecule has 4 aliphatic rings. The molecule has 0 saturated heterocycles. The molecule has 44 heavy (non-hydrogen) atoms. The minimum atomic E-state index is -2.69. The van der Waals surface area contributed by atoms with Gasteiger partial charge in [0.15, 0.2) is 17.3 Å². The number of aromatic hydroxyl groups is 1. The molecule has 13 nitrogen and oxygen atoms in total. The van der Waals surface area contributed by atoms with E-state index in [-0.39, 0.29) is 48.3 Å². The highest BCUT2D eigenvalue weighted by atomic mass is 16.3. The van der Waals surface area contributed by atoms with E-state index in [0.29, 0.717) is 16.8 Å². The number of phenolic OH excluding ortho intramolecular Hbond substituents is 1. The fourth-order valence-electron chi connectivity index (χ4n) is 7.54. The summed E-state index contributed by atoms with van der Waals surface area (Å²) in [6, 6.07) is 0.870. The largest absolute Gasteiger partial charge is 0.508 e. The zero-order chi connectivity index (χ0) is 32.2. The van der Waals surface area contributed by atoms with Gasteiger partial charge in [-0.1, -0.05) is 19.3 Å². The molecular weight excluding hydrogens is 568 g/mol. The van der Waals surface area contributed by atoms with Crippen LogP contribution in [0.1, 0.15) is 55.2 Å². The van der Waals surface area contributed by atoms with Gasteiger partial charge in [0.05, 0.1) is 18.2 Å². The number of amides is 1. The van der Waals surface area contributed by atoms with Gasteiger partial charge in [-0.2, -0.15) is 0 Å². The fourth-order valence-corrected chi connectivity index (χ4v) is 7.54. The maximum absolute atomic E-state index is 14.1. The van der Waals surface area contributed by atoms with Gasteiger partial charge < -0.3 is 42.1 Å². The first-order valence-electron chi connectivity index (χ1n) is 15.0. The second kappa shape index (κ2) is 11.4. The number of hydrogen-bond acceptors (Lipinski definition) is 10. The van der Waals surface area contributed by atoms with Crippen molar-refractivity contribution in [1.29, 1.82) is 0 Å². The number of Topliss-reactive ketones (excluding diaryl/α,β-unsaturated/α-hetero) is 2. The minimum Gasteiger partial charge on any atom is -0.508 e. The molecule has 238 valence electrons. The third kappa shape index (κ3) is 4.87. The Morgan fingerprint density at radius 1 is 1.09 bits per heavy atom. The monoisotopic (exact) mass is 610 g/mol. The van der Waals surface area contributed by atoms with Gasteiger partial charge in [-0.05, 0) is 57.3 Å². The molecule has 4 atom stereocenters. The number of nitrogens with zero attached hydrogens (tertiary/aromatic N) is 3. The highest BCUT2D eigenvalue weighted by molar-refractivity contribution is 6.24. The number of hydrogen-bond donors (Lipinski definition) is 7. The van der Waals surface area contributed by atoms with E-state index in [2.05, 4.69) is 10.3 Å². The number of carbonyl (C=O) groups excluding carboxylic acids is 3. The van der Waals surface area contributed by atoms with Crippen molar-refractivity contribution >= 4 is 34.9 Å². The average Bonchev–Trinajstić information content (AvgIpc) is 2.94. The van der Waals surface area contributed by atoms with Crippen LogP contribution >= 0.6 is 0 Å². The molecule has 13 heteroatoms. The predicted molar refractivity (Wildman–Crippen MR) is 164 cm³/mol. The van der Waals surface area contributed by atoms with E-state index in [1.165, 1.54) is 11.3 Å². The maximum atomic E-state index is 14.1. The number of anilines is 1. The second-order valence-corrected chi connectivity index (χ2v) is 12.8. The lowest BCUT2D eigenvalue weighted by molar-refractivity contribution is -0.153. The molecule has 1 amide bonds. The summed E-state index contributed by atoms with van der Waals surface area (Å²) in [6.07, 6.45) is 5.67. The molecule has 0 spiro atoms. The standard InChI is InChI=1S/C31H42N6O7/c1-36(2)19-12-15(13-34-30(33)35-16-8-6-5-7-9-16)24(38)21-17(19)10-14-11-18-23(37(3)4)26(40)22(29(32)43)28(42)31(18,44)27(41)20(14)25(21)39/h12,14,16,18,23,38-39,42,44H,5-11,13H2,1-4H3,(H2,32,43)(H3,33,34,35)/t14?,18?,23-,31-/m0/s1. The summed E-state index contributed by atoms with van der Waals surface area (Å²) in [5.41, 5.74) is 9.49. The van der Waals surface area contributed by atoms with Crippen molar-refractivity contribution in [2.75, 3.05) is 33.1 Å². The van der Waals surface area contributed by atoms with Crippen molar-refractivity contribution in [1.82, 2.24) is 10.2 Å². The number of rotatable bonds is 6. The van der Waals surface area contributed by atoms with Crippen LogP contribution in [0.4, 0.5) is 5.69 Å². The van der Waals surface area contributed by atoms with Gasteiger partial charge >= 0.3 is 0 Å². The van der Waals surface area contributed by atoms with Crippen LogP contribution in [0, 0.1) is 11.8 Å². The van der Waals surface area contributed by atoms with Crippen molar-refractivity contribution in [2.45, 2.75) is 69.2 Å². The number of fused-ring (bicyclic) bond motifs is 3. The van der Waals surface area contributed by atoms with E-state index in [4.69, 9.17) is 11.5 Å². The first-order valence-corrected chi connectivity index (χ1v) is 15.0. The number of nitrogens with two attached hydrogens (primary N) is 2. The summed E-state index contributed by atoms with van der Waals surface area (Å²) in [5, 5.41) is 49.2. The number of carbonyl (C=O) groups is 3. The lowest BCUT2D eigenvalue weighted by Gasteiger charge is -2.50. The summed E-state index contributed by atoms with van der Waals surface area (Å²) < 4.78 is 0. The van der Waals surface area contributed by atoms with Gasteiger partial charge in [0, 0.05) is 42.9 Å². The van der Waals surface area contributed by atoms with Crippen LogP contribution in [0.2, 0.25) is 0 Å². The molecule has 0 aliphatic heterocycles. The Labute approximate surface area is 255 Å². The number of ketones is 2. The molecular formula is C31H42N6O7. The smallest absolute Gasteiger partial charge is 0.255 e. The maximum Gasteiger partial charge on any atom is 0.255 e. The molecule has 5 rings (SSSR count). The summed E-state index contributed by atoms with van der Waals surface area (Å²) in [4.78, 5) is 47.3. The number of benzene rings is 1. The van der Waals surface area contributed by atoms with Crippen molar-refractivity contribution in [3.05, 3.63) is 39.7 Å². The Morgan fingerprint density at radius 3 is 2.34 bits per heavy atom. The molecule has 2 unspecified atom stereocenters.